The minimum absolute atomic E-state index is 0.0506. The first-order chi connectivity index (χ1) is 11.0. The van der Waals surface area contributed by atoms with E-state index >= 15 is 0 Å². The average molecular weight is 317 g/mol. The maximum absolute atomic E-state index is 12.8. The van der Waals surface area contributed by atoms with Crippen LogP contribution in [0.2, 0.25) is 0 Å². The molecule has 2 rings (SSSR count). The molecule has 0 aliphatic carbocycles. The molecular weight excluding hydrogens is 297 g/mol. The van der Waals surface area contributed by atoms with Crippen molar-refractivity contribution in [2.24, 2.45) is 5.92 Å². The zero-order valence-corrected chi connectivity index (χ0v) is 13.1. The van der Waals surface area contributed by atoms with E-state index < -0.39 is 6.10 Å². The van der Waals surface area contributed by atoms with Crippen LogP contribution in [0.15, 0.2) is 48.5 Å². The van der Waals surface area contributed by atoms with E-state index in [1.807, 2.05) is 13.8 Å². The molecule has 0 spiro atoms. The van der Waals surface area contributed by atoms with Gasteiger partial charge < -0.3 is 15.2 Å². The van der Waals surface area contributed by atoms with Crippen LogP contribution in [0.4, 0.5) is 10.1 Å². The normalized spacial score (nSPS) is 12.0. The Bertz CT molecular complexity index is 638. The number of halogens is 1. The molecule has 0 fully saturated rings. The minimum Gasteiger partial charge on any atom is -0.491 e. The van der Waals surface area contributed by atoms with E-state index in [1.54, 1.807) is 24.3 Å². The van der Waals surface area contributed by atoms with Gasteiger partial charge in [-0.1, -0.05) is 26.0 Å². The fraction of sp³-hybridized carbons (Fsp3) is 0.278. The van der Waals surface area contributed by atoms with Crippen LogP contribution in [0.1, 0.15) is 25.5 Å². The van der Waals surface area contributed by atoms with E-state index in [0.717, 1.165) is 0 Å². The Morgan fingerprint density at radius 1 is 1.13 bits per heavy atom. The molecule has 0 heterocycles. The van der Waals surface area contributed by atoms with E-state index in [-0.39, 0.29) is 24.2 Å². The summed E-state index contributed by atoms with van der Waals surface area (Å²) in [5, 5.41) is 12.8. The summed E-state index contributed by atoms with van der Waals surface area (Å²) < 4.78 is 18.3. The molecule has 1 atom stereocenters. The van der Waals surface area contributed by atoms with Crippen LogP contribution >= 0.6 is 0 Å². The summed E-state index contributed by atoms with van der Waals surface area (Å²) in [5.41, 5.74) is 1.28. The van der Waals surface area contributed by atoms with Crippen molar-refractivity contribution in [1.82, 2.24) is 0 Å². The van der Waals surface area contributed by atoms with Crippen LogP contribution in [0.5, 0.6) is 5.75 Å². The van der Waals surface area contributed by atoms with Gasteiger partial charge in [0.15, 0.2) is 0 Å². The second-order valence-corrected chi connectivity index (χ2v) is 5.55. The SMILES string of the molecule is CC(C)C(=O)Nc1ccc(OCC(O)c2ccc(F)cc2)cc1. The van der Waals surface area contributed by atoms with E-state index in [4.69, 9.17) is 4.74 Å². The van der Waals surface area contributed by atoms with Crippen molar-refractivity contribution in [1.29, 1.82) is 0 Å². The monoisotopic (exact) mass is 317 g/mol. The van der Waals surface area contributed by atoms with Gasteiger partial charge in [-0.05, 0) is 42.0 Å². The molecule has 0 aliphatic rings. The number of nitrogens with one attached hydrogen (secondary N) is 1. The van der Waals surface area contributed by atoms with Crippen LogP contribution < -0.4 is 10.1 Å². The van der Waals surface area contributed by atoms with Crippen LogP contribution in [0.25, 0.3) is 0 Å². The molecule has 0 bridgehead atoms. The van der Waals surface area contributed by atoms with Gasteiger partial charge in [0.1, 0.15) is 24.3 Å². The first-order valence-electron chi connectivity index (χ1n) is 7.43. The molecule has 0 saturated carbocycles. The zero-order valence-electron chi connectivity index (χ0n) is 13.1. The van der Waals surface area contributed by atoms with Crippen molar-refractivity contribution in [3.05, 3.63) is 59.9 Å². The fourth-order valence-corrected chi connectivity index (χ4v) is 1.88. The topological polar surface area (TPSA) is 58.6 Å². The number of carbonyl (C=O) groups excluding carboxylic acids is 1. The predicted octanol–water partition coefficient (Wildman–Crippen LogP) is 3.53. The molecule has 23 heavy (non-hydrogen) atoms. The number of anilines is 1. The third kappa shape index (κ3) is 5.07. The summed E-state index contributed by atoms with van der Waals surface area (Å²) in [4.78, 5) is 11.6. The number of aliphatic hydroxyl groups excluding tert-OH is 1. The second-order valence-electron chi connectivity index (χ2n) is 5.55. The fourth-order valence-electron chi connectivity index (χ4n) is 1.88. The van der Waals surface area contributed by atoms with Gasteiger partial charge in [-0.25, -0.2) is 4.39 Å². The molecule has 2 aromatic carbocycles. The van der Waals surface area contributed by atoms with Crippen molar-refractivity contribution >= 4 is 11.6 Å². The standard InChI is InChI=1S/C18H20FNO3/c1-12(2)18(22)20-15-7-9-16(10-8-15)23-11-17(21)13-3-5-14(19)6-4-13/h3-10,12,17,21H,11H2,1-2H3,(H,20,22). The highest BCUT2D eigenvalue weighted by Crippen LogP contribution is 2.19. The summed E-state index contributed by atoms with van der Waals surface area (Å²) in [5.74, 6) is 0.0943. The maximum Gasteiger partial charge on any atom is 0.226 e. The number of carbonyl (C=O) groups is 1. The molecule has 5 heteroatoms. The summed E-state index contributed by atoms with van der Waals surface area (Å²) in [6.07, 6.45) is -0.837. The van der Waals surface area contributed by atoms with Crippen LogP contribution in [-0.4, -0.2) is 17.6 Å². The van der Waals surface area contributed by atoms with Gasteiger partial charge in [-0.3, -0.25) is 4.79 Å². The molecule has 2 aromatic rings. The number of rotatable bonds is 6. The largest absolute Gasteiger partial charge is 0.491 e. The van der Waals surface area contributed by atoms with Gasteiger partial charge in [0.05, 0.1) is 0 Å². The van der Waals surface area contributed by atoms with E-state index in [1.165, 1.54) is 24.3 Å². The smallest absolute Gasteiger partial charge is 0.226 e. The maximum atomic E-state index is 12.8. The number of hydrogen-bond donors (Lipinski definition) is 2. The molecule has 0 saturated heterocycles. The predicted molar refractivity (Wildman–Crippen MR) is 86.8 cm³/mol. The van der Waals surface area contributed by atoms with Gasteiger partial charge >= 0.3 is 0 Å². The molecule has 4 nitrogen and oxygen atoms in total. The molecule has 0 aliphatic heterocycles. The van der Waals surface area contributed by atoms with Gasteiger partial charge in [0.25, 0.3) is 0 Å². The van der Waals surface area contributed by atoms with Crippen LogP contribution in [0, 0.1) is 11.7 Å². The number of hydrogen-bond acceptors (Lipinski definition) is 3. The van der Waals surface area contributed by atoms with Gasteiger partial charge in [-0.2, -0.15) is 0 Å². The molecule has 1 amide bonds. The highest BCUT2D eigenvalue weighted by atomic mass is 19.1. The Kier molecular flexibility index (Phi) is 5.71. The number of amides is 1. The lowest BCUT2D eigenvalue weighted by Crippen LogP contribution is -2.17. The van der Waals surface area contributed by atoms with Crippen molar-refractivity contribution in [3.63, 3.8) is 0 Å². The Morgan fingerprint density at radius 3 is 2.30 bits per heavy atom. The minimum atomic E-state index is -0.837. The summed E-state index contributed by atoms with van der Waals surface area (Å²) >= 11 is 0. The Labute approximate surface area is 134 Å². The first-order valence-corrected chi connectivity index (χ1v) is 7.43. The van der Waals surface area contributed by atoms with Gasteiger partial charge in [0, 0.05) is 11.6 Å². The van der Waals surface area contributed by atoms with Crippen molar-refractivity contribution < 1.29 is 19.0 Å². The summed E-state index contributed by atoms with van der Waals surface area (Å²) in [6.45, 7) is 3.70. The lowest BCUT2D eigenvalue weighted by molar-refractivity contribution is -0.118. The lowest BCUT2D eigenvalue weighted by Gasteiger charge is -2.13. The molecule has 0 radical (unpaired) electrons. The third-order valence-electron chi connectivity index (χ3n) is 3.31. The quantitative estimate of drug-likeness (QED) is 0.857. The Hall–Kier alpha value is -2.40. The van der Waals surface area contributed by atoms with Gasteiger partial charge in [-0.15, -0.1) is 0 Å². The van der Waals surface area contributed by atoms with E-state index in [0.29, 0.717) is 17.0 Å². The van der Waals surface area contributed by atoms with E-state index in [2.05, 4.69) is 5.32 Å². The number of benzene rings is 2. The lowest BCUT2D eigenvalue weighted by atomic mass is 10.1. The number of ether oxygens (including phenoxy) is 1. The number of aliphatic hydroxyl groups is 1. The Morgan fingerprint density at radius 2 is 1.74 bits per heavy atom. The highest BCUT2D eigenvalue weighted by Gasteiger charge is 2.09. The second kappa shape index (κ2) is 7.74. The van der Waals surface area contributed by atoms with Crippen molar-refractivity contribution in [2.75, 3.05) is 11.9 Å². The molecular formula is C18H20FNO3. The van der Waals surface area contributed by atoms with Crippen molar-refractivity contribution in [3.8, 4) is 5.75 Å². The zero-order chi connectivity index (χ0) is 16.8. The highest BCUT2D eigenvalue weighted by molar-refractivity contribution is 5.92. The average Bonchev–Trinajstić information content (AvgIpc) is 2.54. The summed E-state index contributed by atoms with van der Waals surface area (Å²) in [7, 11) is 0. The molecule has 122 valence electrons. The van der Waals surface area contributed by atoms with Crippen molar-refractivity contribution in [2.45, 2.75) is 20.0 Å². The van der Waals surface area contributed by atoms with Crippen LogP contribution in [0.3, 0.4) is 0 Å². The summed E-state index contributed by atoms with van der Waals surface area (Å²) in [6, 6.07) is 12.5. The third-order valence-corrected chi connectivity index (χ3v) is 3.31. The molecule has 2 N–H and O–H groups in total. The molecule has 0 aromatic heterocycles. The molecule has 1 unspecified atom stereocenters. The van der Waals surface area contributed by atoms with E-state index in [9.17, 15) is 14.3 Å². The van der Waals surface area contributed by atoms with Gasteiger partial charge in [0.2, 0.25) is 5.91 Å². The first kappa shape index (κ1) is 17.0. The Balaban J connectivity index is 1.88. The van der Waals surface area contributed by atoms with Crippen LogP contribution in [-0.2, 0) is 4.79 Å².